The van der Waals surface area contributed by atoms with Crippen molar-refractivity contribution in [2.75, 3.05) is 5.32 Å². The van der Waals surface area contributed by atoms with Crippen LogP contribution in [0.1, 0.15) is 21.8 Å². The van der Waals surface area contributed by atoms with Crippen LogP contribution in [0.4, 0.5) is 5.69 Å². The highest BCUT2D eigenvalue weighted by molar-refractivity contribution is 6.03. The summed E-state index contributed by atoms with van der Waals surface area (Å²) in [5.74, 6) is 0.294. The van der Waals surface area contributed by atoms with Crippen LogP contribution in [0.2, 0.25) is 0 Å². The number of anilines is 1. The van der Waals surface area contributed by atoms with Crippen molar-refractivity contribution in [1.82, 2.24) is 9.38 Å². The highest BCUT2D eigenvalue weighted by Crippen LogP contribution is 2.25. The minimum atomic E-state index is -0.376. The molecule has 4 aromatic rings. The molecule has 28 heavy (non-hydrogen) atoms. The molecule has 3 aromatic heterocycles. The van der Waals surface area contributed by atoms with Crippen LogP contribution in [-0.2, 0) is 6.61 Å². The second kappa shape index (κ2) is 7.40. The fourth-order valence-corrected chi connectivity index (χ4v) is 2.82. The van der Waals surface area contributed by atoms with Gasteiger partial charge >= 0.3 is 0 Å². The fraction of sp³-hybridized carbons (Fsp3) is 0.0952. The summed E-state index contributed by atoms with van der Waals surface area (Å²) in [6.07, 6.45) is 3.12. The molecule has 0 bridgehead atoms. The smallest absolute Gasteiger partial charge is 0.291 e. The second-order valence-corrected chi connectivity index (χ2v) is 6.19. The first-order chi connectivity index (χ1) is 13.6. The van der Waals surface area contributed by atoms with Crippen LogP contribution in [0.25, 0.3) is 5.65 Å². The van der Waals surface area contributed by atoms with E-state index >= 15 is 0 Å². The minimum absolute atomic E-state index is 0.0910. The number of fused-ring (bicyclic) bond motifs is 1. The molecule has 1 aromatic carbocycles. The number of carbonyl (C=O) groups excluding carboxylic acids is 1. The molecule has 1 amide bonds. The lowest BCUT2D eigenvalue weighted by molar-refractivity contribution is 0.0996. The van der Waals surface area contributed by atoms with Crippen LogP contribution in [0.5, 0.6) is 5.75 Å². The van der Waals surface area contributed by atoms with Gasteiger partial charge in [0.2, 0.25) is 0 Å². The lowest BCUT2D eigenvalue weighted by Crippen LogP contribution is -2.17. The largest absolute Gasteiger partial charge is 0.485 e. The number of aryl methyl sites for hydroxylation is 1. The van der Waals surface area contributed by atoms with E-state index in [-0.39, 0.29) is 23.8 Å². The first kappa shape index (κ1) is 17.5. The van der Waals surface area contributed by atoms with Gasteiger partial charge < -0.3 is 14.5 Å². The summed E-state index contributed by atoms with van der Waals surface area (Å²) in [5, 5.41) is 2.76. The molecule has 0 saturated heterocycles. The zero-order chi connectivity index (χ0) is 19.5. The number of hydrogen-bond acceptors (Lipinski definition) is 5. The highest BCUT2D eigenvalue weighted by atomic mass is 16.5. The van der Waals surface area contributed by atoms with Gasteiger partial charge in [0.15, 0.2) is 5.76 Å². The van der Waals surface area contributed by atoms with Gasteiger partial charge in [0.25, 0.3) is 11.5 Å². The maximum atomic E-state index is 12.3. The van der Waals surface area contributed by atoms with Crippen molar-refractivity contribution in [3.8, 4) is 5.75 Å². The van der Waals surface area contributed by atoms with Gasteiger partial charge in [0.1, 0.15) is 18.0 Å². The van der Waals surface area contributed by atoms with E-state index in [0.29, 0.717) is 22.8 Å². The number of furan rings is 1. The SMILES string of the molecule is Cc1cccn2c(=O)cc(COc3ccccc3NC(=O)c3ccco3)nc12. The first-order valence-corrected chi connectivity index (χ1v) is 8.66. The van der Waals surface area contributed by atoms with Crippen LogP contribution in [0, 0.1) is 6.92 Å². The Bertz CT molecular complexity index is 1200. The molecule has 140 valence electrons. The van der Waals surface area contributed by atoms with Gasteiger partial charge in [-0.3, -0.25) is 14.0 Å². The van der Waals surface area contributed by atoms with Crippen molar-refractivity contribution in [2.45, 2.75) is 13.5 Å². The summed E-state index contributed by atoms with van der Waals surface area (Å²) < 4.78 is 12.4. The molecular weight excluding hydrogens is 358 g/mol. The van der Waals surface area contributed by atoms with E-state index in [4.69, 9.17) is 9.15 Å². The van der Waals surface area contributed by atoms with E-state index in [1.807, 2.05) is 13.0 Å². The summed E-state index contributed by atoms with van der Waals surface area (Å²) in [6, 6.07) is 15.4. The maximum Gasteiger partial charge on any atom is 0.291 e. The first-order valence-electron chi connectivity index (χ1n) is 8.66. The van der Waals surface area contributed by atoms with Crippen LogP contribution in [0.15, 0.2) is 76.3 Å². The minimum Gasteiger partial charge on any atom is -0.485 e. The Morgan fingerprint density at radius 1 is 1.18 bits per heavy atom. The number of nitrogens with zero attached hydrogens (tertiary/aromatic N) is 2. The number of amides is 1. The van der Waals surface area contributed by atoms with Crippen molar-refractivity contribution in [3.05, 3.63) is 94.4 Å². The Balaban J connectivity index is 1.56. The molecule has 1 N–H and O–H groups in total. The Kier molecular flexibility index (Phi) is 4.63. The van der Waals surface area contributed by atoms with Gasteiger partial charge in [-0.15, -0.1) is 0 Å². The molecule has 0 aliphatic heterocycles. The number of aromatic nitrogens is 2. The zero-order valence-electron chi connectivity index (χ0n) is 15.1. The monoisotopic (exact) mass is 375 g/mol. The van der Waals surface area contributed by atoms with Crippen molar-refractivity contribution in [2.24, 2.45) is 0 Å². The molecular formula is C21H17N3O4. The number of nitrogens with one attached hydrogen (secondary N) is 1. The van der Waals surface area contributed by atoms with Gasteiger partial charge in [0, 0.05) is 12.3 Å². The molecule has 0 atom stereocenters. The Morgan fingerprint density at radius 3 is 2.86 bits per heavy atom. The van der Waals surface area contributed by atoms with Gasteiger partial charge in [0.05, 0.1) is 17.6 Å². The van der Waals surface area contributed by atoms with Crippen LogP contribution in [-0.4, -0.2) is 15.3 Å². The van der Waals surface area contributed by atoms with Gasteiger partial charge in [-0.2, -0.15) is 0 Å². The predicted octanol–water partition coefficient (Wildman–Crippen LogP) is 3.43. The third kappa shape index (κ3) is 3.50. The topological polar surface area (TPSA) is 85.8 Å². The lowest BCUT2D eigenvalue weighted by atomic mass is 10.2. The van der Waals surface area contributed by atoms with E-state index in [0.717, 1.165) is 5.56 Å². The molecule has 0 unspecified atom stereocenters. The Labute approximate surface area is 160 Å². The van der Waals surface area contributed by atoms with E-state index in [2.05, 4.69) is 10.3 Å². The number of carbonyl (C=O) groups is 1. The van der Waals surface area contributed by atoms with E-state index in [1.54, 1.807) is 48.7 Å². The Morgan fingerprint density at radius 2 is 2.04 bits per heavy atom. The molecule has 0 radical (unpaired) electrons. The Hall–Kier alpha value is -3.87. The van der Waals surface area contributed by atoms with Crippen LogP contribution in [0.3, 0.4) is 0 Å². The summed E-state index contributed by atoms with van der Waals surface area (Å²) in [5.41, 5.74) is 2.32. The summed E-state index contributed by atoms with van der Waals surface area (Å²) >= 11 is 0. The second-order valence-electron chi connectivity index (χ2n) is 6.19. The number of rotatable bonds is 5. The molecule has 4 rings (SSSR count). The van der Waals surface area contributed by atoms with E-state index in [1.165, 1.54) is 16.7 Å². The quantitative estimate of drug-likeness (QED) is 0.578. The van der Waals surface area contributed by atoms with Gasteiger partial charge in [-0.1, -0.05) is 18.2 Å². The number of para-hydroxylation sites is 2. The van der Waals surface area contributed by atoms with E-state index < -0.39 is 0 Å². The number of hydrogen-bond donors (Lipinski definition) is 1. The zero-order valence-corrected chi connectivity index (χ0v) is 15.1. The van der Waals surface area contributed by atoms with Gasteiger partial charge in [-0.25, -0.2) is 4.98 Å². The average molecular weight is 375 g/mol. The lowest BCUT2D eigenvalue weighted by Gasteiger charge is -2.12. The fourth-order valence-electron chi connectivity index (χ4n) is 2.82. The third-order valence-electron chi connectivity index (χ3n) is 4.20. The molecule has 0 aliphatic carbocycles. The molecule has 0 aliphatic rings. The number of ether oxygens (including phenoxy) is 1. The highest BCUT2D eigenvalue weighted by Gasteiger charge is 2.12. The molecule has 3 heterocycles. The summed E-state index contributed by atoms with van der Waals surface area (Å²) in [4.78, 5) is 29.0. The molecule has 7 nitrogen and oxygen atoms in total. The normalized spacial score (nSPS) is 10.8. The average Bonchev–Trinajstić information content (AvgIpc) is 3.23. The van der Waals surface area contributed by atoms with Crippen molar-refractivity contribution in [1.29, 1.82) is 0 Å². The van der Waals surface area contributed by atoms with Crippen molar-refractivity contribution < 1.29 is 13.9 Å². The standard InChI is InChI=1S/C21H17N3O4/c1-14-6-4-10-24-19(25)12-15(22-20(14)24)13-28-17-8-3-2-7-16(17)23-21(26)18-9-5-11-27-18/h2-12H,13H2,1H3,(H,23,26). The van der Waals surface area contributed by atoms with Crippen LogP contribution < -0.4 is 15.6 Å². The van der Waals surface area contributed by atoms with Crippen molar-refractivity contribution >= 4 is 17.2 Å². The number of benzene rings is 1. The predicted molar refractivity (Wildman–Crippen MR) is 104 cm³/mol. The summed E-state index contributed by atoms with van der Waals surface area (Å²) in [6.45, 7) is 1.99. The molecule has 0 fully saturated rings. The van der Waals surface area contributed by atoms with Crippen molar-refractivity contribution in [3.63, 3.8) is 0 Å². The van der Waals surface area contributed by atoms with E-state index in [9.17, 15) is 9.59 Å². The number of pyridine rings is 1. The third-order valence-corrected chi connectivity index (χ3v) is 4.20. The van der Waals surface area contributed by atoms with Crippen LogP contribution >= 0.6 is 0 Å². The maximum absolute atomic E-state index is 12.3. The summed E-state index contributed by atoms with van der Waals surface area (Å²) in [7, 11) is 0. The molecule has 0 saturated carbocycles. The molecule has 0 spiro atoms. The molecule has 7 heteroatoms. The van der Waals surface area contributed by atoms with Gasteiger partial charge in [-0.05, 0) is 42.8 Å².